The fourth-order valence-electron chi connectivity index (χ4n) is 4.23. The van der Waals surface area contributed by atoms with E-state index >= 15 is 0 Å². The zero-order valence-electron chi connectivity index (χ0n) is 18.7. The molecule has 1 fully saturated rings. The van der Waals surface area contributed by atoms with E-state index < -0.39 is 0 Å². The number of nitrogens with zero attached hydrogens (tertiary/aromatic N) is 3. The van der Waals surface area contributed by atoms with Crippen LogP contribution in [0.5, 0.6) is 0 Å². The first kappa shape index (κ1) is 22.4. The zero-order chi connectivity index (χ0) is 22.2. The SMILES string of the molecule is CCN(Cc1cccc(-c2ccnc(NCCc3cccc(F)c3)n2)c1)CC1CCCN1. The van der Waals surface area contributed by atoms with Gasteiger partial charge in [-0.2, -0.15) is 0 Å². The highest BCUT2D eigenvalue weighted by atomic mass is 19.1. The third-order valence-electron chi connectivity index (χ3n) is 5.96. The molecule has 0 saturated carbocycles. The number of rotatable bonds is 10. The van der Waals surface area contributed by atoms with Crippen molar-refractivity contribution in [1.29, 1.82) is 0 Å². The van der Waals surface area contributed by atoms with Crippen LogP contribution in [-0.2, 0) is 13.0 Å². The number of anilines is 1. The largest absolute Gasteiger partial charge is 0.354 e. The highest BCUT2D eigenvalue weighted by molar-refractivity contribution is 5.60. The fraction of sp³-hybridized carbons (Fsp3) is 0.385. The van der Waals surface area contributed by atoms with Crippen molar-refractivity contribution in [2.75, 3.05) is 31.5 Å². The first-order valence-corrected chi connectivity index (χ1v) is 11.6. The fourth-order valence-corrected chi connectivity index (χ4v) is 4.23. The van der Waals surface area contributed by atoms with E-state index in [-0.39, 0.29) is 5.82 Å². The van der Waals surface area contributed by atoms with Gasteiger partial charge in [-0.15, -0.1) is 0 Å². The van der Waals surface area contributed by atoms with Gasteiger partial charge >= 0.3 is 0 Å². The van der Waals surface area contributed by atoms with Crippen LogP contribution in [0.3, 0.4) is 0 Å². The number of hydrogen-bond donors (Lipinski definition) is 2. The van der Waals surface area contributed by atoms with Crippen molar-refractivity contribution in [2.24, 2.45) is 0 Å². The predicted octanol–water partition coefficient (Wildman–Crippen LogP) is 4.51. The normalized spacial score (nSPS) is 15.9. The first-order valence-electron chi connectivity index (χ1n) is 11.6. The van der Waals surface area contributed by atoms with Crippen molar-refractivity contribution in [3.05, 3.63) is 77.7 Å². The van der Waals surface area contributed by atoms with Crippen molar-refractivity contribution in [1.82, 2.24) is 20.2 Å². The maximum atomic E-state index is 13.3. The predicted molar refractivity (Wildman–Crippen MR) is 128 cm³/mol. The van der Waals surface area contributed by atoms with Crippen LogP contribution in [0.2, 0.25) is 0 Å². The van der Waals surface area contributed by atoms with Gasteiger partial charge in [0.2, 0.25) is 5.95 Å². The molecule has 1 saturated heterocycles. The van der Waals surface area contributed by atoms with Crippen LogP contribution in [-0.4, -0.2) is 47.1 Å². The summed E-state index contributed by atoms with van der Waals surface area (Å²) < 4.78 is 13.3. The summed E-state index contributed by atoms with van der Waals surface area (Å²) >= 11 is 0. The van der Waals surface area contributed by atoms with Gasteiger partial charge in [-0.3, -0.25) is 4.90 Å². The van der Waals surface area contributed by atoms with E-state index in [0.29, 0.717) is 25.0 Å². The van der Waals surface area contributed by atoms with Crippen molar-refractivity contribution in [2.45, 2.75) is 38.8 Å². The average molecular weight is 434 g/mol. The third kappa shape index (κ3) is 6.34. The van der Waals surface area contributed by atoms with E-state index in [1.165, 1.54) is 24.5 Å². The van der Waals surface area contributed by atoms with Gasteiger partial charge in [0, 0.05) is 37.4 Å². The van der Waals surface area contributed by atoms with E-state index in [0.717, 1.165) is 43.0 Å². The molecule has 2 N–H and O–H groups in total. The van der Waals surface area contributed by atoms with Crippen molar-refractivity contribution in [3.8, 4) is 11.3 Å². The number of aromatic nitrogens is 2. The number of hydrogen-bond acceptors (Lipinski definition) is 5. The van der Waals surface area contributed by atoms with Crippen LogP contribution < -0.4 is 10.6 Å². The lowest BCUT2D eigenvalue weighted by molar-refractivity contribution is 0.253. The Morgan fingerprint density at radius 3 is 2.81 bits per heavy atom. The van der Waals surface area contributed by atoms with Gasteiger partial charge in [-0.1, -0.05) is 37.3 Å². The van der Waals surface area contributed by atoms with E-state index in [2.05, 4.69) is 51.7 Å². The Hall–Kier alpha value is -2.83. The Balaban J connectivity index is 1.37. The molecule has 0 spiro atoms. The molecule has 0 amide bonds. The van der Waals surface area contributed by atoms with E-state index in [4.69, 9.17) is 4.98 Å². The van der Waals surface area contributed by atoms with Crippen LogP contribution in [0.4, 0.5) is 10.3 Å². The standard InChI is InChI=1S/C26H32FN5/c1-2-32(19-24-10-5-13-28-24)18-21-7-3-8-22(16-21)25-12-15-30-26(31-25)29-14-11-20-6-4-9-23(27)17-20/h3-4,6-9,12,15-17,24,28H,2,5,10-11,13-14,18-19H2,1H3,(H,29,30,31). The summed E-state index contributed by atoms with van der Waals surface area (Å²) in [5.41, 5.74) is 4.24. The molecule has 168 valence electrons. The van der Waals surface area contributed by atoms with Gasteiger partial charge in [-0.05, 0) is 67.7 Å². The highest BCUT2D eigenvalue weighted by Gasteiger charge is 2.17. The second kappa shape index (κ2) is 11.2. The van der Waals surface area contributed by atoms with E-state index in [9.17, 15) is 4.39 Å². The summed E-state index contributed by atoms with van der Waals surface area (Å²) in [6.07, 6.45) is 5.05. The number of nitrogens with one attached hydrogen (secondary N) is 2. The smallest absolute Gasteiger partial charge is 0.223 e. The number of benzene rings is 2. The van der Waals surface area contributed by atoms with Gasteiger partial charge in [0.05, 0.1) is 5.69 Å². The van der Waals surface area contributed by atoms with Crippen LogP contribution in [0, 0.1) is 5.82 Å². The molecule has 4 rings (SSSR count). The molecule has 1 unspecified atom stereocenters. The average Bonchev–Trinajstić information content (AvgIpc) is 3.32. The van der Waals surface area contributed by atoms with Gasteiger partial charge in [0.25, 0.3) is 0 Å². The van der Waals surface area contributed by atoms with Crippen molar-refractivity contribution >= 4 is 5.95 Å². The number of likely N-dealkylation sites (N-methyl/N-ethyl adjacent to an activating group) is 1. The third-order valence-corrected chi connectivity index (χ3v) is 5.96. The van der Waals surface area contributed by atoms with Gasteiger partial charge < -0.3 is 10.6 Å². The lowest BCUT2D eigenvalue weighted by Gasteiger charge is -2.24. The molecular weight excluding hydrogens is 401 g/mol. The van der Waals surface area contributed by atoms with E-state index in [1.54, 1.807) is 18.3 Å². The first-order chi connectivity index (χ1) is 15.7. The molecule has 0 bridgehead atoms. The molecule has 6 heteroatoms. The Morgan fingerprint density at radius 2 is 2.00 bits per heavy atom. The summed E-state index contributed by atoms with van der Waals surface area (Å²) in [4.78, 5) is 11.5. The maximum Gasteiger partial charge on any atom is 0.223 e. The molecule has 1 atom stereocenters. The number of halogens is 1. The quantitative estimate of drug-likeness (QED) is 0.493. The Kier molecular flexibility index (Phi) is 7.80. The molecule has 0 aliphatic carbocycles. The van der Waals surface area contributed by atoms with Gasteiger partial charge in [0.1, 0.15) is 5.82 Å². The van der Waals surface area contributed by atoms with Crippen LogP contribution >= 0.6 is 0 Å². The lowest BCUT2D eigenvalue weighted by Crippen LogP contribution is -2.37. The highest BCUT2D eigenvalue weighted by Crippen LogP contribution is 2.20. The maximum absolute atomic E-state index is 13.3. The Morgan fingerprint density at radius 1 is 1.12 bits per heavy atom. The molecule has 1 aliphatic heterocycles. The molecule has 3 aromatic rings. The van der Waals surface area contributed by atoms with Crippen LogP contribution in [0.15, 0.2) is 60.8 Å². The minimum Gasteiger partial charge on any atom is -0.354 e. The summed E-state index contributed by atoms with van der Waals surface area (Å²) in [5.74, 6) is 0.383. The Labute approximate surface area is 190 Å². The summed E-state index contributed by atoms with van der Waals surface area (Å²) in [5, 5.41) is 6.86. The van der Waals surface area contributed by atoms with Crippen LogP contribution in [0.25, 0.3) is 11.3 Å². The monoisotopic (exact) mass is 433 g/mol. The minimum atomic E-state index is -0.207. The summed E-state index contributed by atoms with van der Waals surface area (Å²) in [6, 6.07) is 17.8. The second-order valence-corrected chi connectivity index (χ2v) is 8.39. The van der Waals surface area contributed by atoms with Crippen molar-refractivity contribution < 1.29 is 4.39 Å². The minimum absolute atomic E-state index is 0.207. The Bertz CT molecular complexity index is 1000. The van der Waals surface area contributed by atoms with Gasteiger partial charge in [0.15, 0.2) is 0 Å². The summed E-state index contributed by atoms with van der Waals surface area (Å²) in [6.45, 7) is 7.08. The molecule has 32 heavy (non-hydrogen) atoms. The zero-order valence-corrected chi connectivity index (χ0v) is 18.7. The van der Waals surface area contributed by atoms with E-state index in [1.807, 2.05) is 12.1 Å². The molecule has 0 radical (unpaired) electrons. The summed E-state index contributed by atoms with van der Waals surface area (Å²) in [7, 11) is 0. The molecule has 2 heterocycles. The second-order valence-electron chi connectivity index (χ2n) is 8.39. The van der Waals surface area contributed by atoms with Gasteiger partial charge in [-0.25, -0.2) is 14.4 Å². The lowest BCUT2D eigenvalue weighted by atomic mass is 10.1. The molecular formula is C26H32FN5. The van der Waals surface area contributed by atoms with Crippen molar-refractivity contribution in [3.63, 3.8) is 0 Å². The molecule has 1 aliphatic rings. The molecule has 2 aromatic carbocycles. The molecule has 5 nitrogen and oxygen atoms in total. The molecule has 1 aromatic heterocycles. The van der Waals surface area contributed by atoms with Crippen LogP contribution in [0.1, 0.15) is 30.9 Å². The topological polar surface area (TPSA) is 53.1 Å².